The van der Waals surface area contributed by atoms with Crippen molar-refractivity contribution in [2.45, 2.75) is 31.5 Å². The molecule has 2 unspecified atom stereocenters. The van der Waals surface area contributed by atoms with Crippen molar-refractivity contribution in [2.75, 3.05) is 5.88 Å². The van der Waals surface area contributed by atoms with Crippen LogP contribution in [0, 0.1) is 5.92 Å². The predicted molar refractivity (Wildman–Crippen MR) is 51.1 cm³/mol. The highest BCUT2D eigenvalue weighted by Crippen LogP contribution is 2.28. The molecule has 2 atom stereocenters. The van der Waals surface area contributed by atoms with E-state index in [-0.39, 0.29) is 11.7 Å². The lowest BCUT2D eigenvalue weighted by Gasteiger charge is -2.19. The fourth-order valence-electron chi connectivity index (χ4n) is 1.87. The topological polar surface area (TPSA) is 46.2 Å². The molecule has 1 saturated carbocycles. The molecule has 16 heavy (non-hydrogen) atoms. The van der Waals surface area contributed by atoms with Crippen LogP contribution >= 0.6 is 11.6 Å². The number of nitrogens with one attached hydrogen (secondary N) is 1. The highest BCUT2D eigenvalue weighted by Gasteiger charge is 2.42. The van der Waals surface area contributed by atoms with Gasteiger partial charge >= 0.3 is 12.1 Å². The first-order valence-electron chi connectivity index (χ1n) is 4.82. The Bertz CT molecular complexity index is 293. The fraction of sp³-hybridized carbons (Fsp3) is 0.778. The Balaban J connectivity index is 2.60. The van der Waals surface area contributed by atoms with Crippen molar-refractivity contribution in [3.63, 3.8) is 0 Å². The second kappa shape index (κ2) is 5.03. The van der Waals surface area contributed by atoms with E-state index in [1.54, 1.807) is 0 Å². The highest BCUT2D eigenvalue weighted by atomic mass is 35.5. The molecule has 0 radical (unpaired) electrons. The minimum absolute atomic E-state index is 0.233. The molecule has 1 rings (SSSR count). The Morgan fingerprint density at radius 1 is 1.31 bits per heavy atom. The van der Waals surface area contributed by atoms with Crippen LogP contribution in [-0.4, -0.2) is 29.8 Å². The first kappa shape index (κ1) is 13.3. The van der Waals surface area contributed by atoms with Gasteiger partial charge in [0, 0.05) is 12.0 Å². The van der Waals surface area contributed by atoms with Gasteiger partial charge in [-0.15, -0.1) is 11.6 Å². The molecule has 0 spiro atoms. The normalized spacial score (nSPS) is 25.5. The van der Waals surface area contributed by atoms with Crippen LogP contribution in [0.25, 0.3) is 0 Å². The summed E-state index contributed by atoms with van der Waals surface area (Å²) in [5.41, 5.74) is 0. The maximum atomic E-state index is 12.0. The zero-order chi connectivity index (χ0) is 12.3. The van der Waals surface area contributed by atoms with Gasteiger partial charge in [0.05, 0.1) is 5.88 Å². The molecule has 3 nitrogen and oxygen atoms in total. The van der Waals surface area contributed by atoms with E-state index in [1.807, 2.05) is 5.32 Å². The standard InChI is InChI=1S/C9H11ClF3NO2/c10-4-7(15)5-2-1-3-6(5)14-8(16)9(11,12)13/h5-6H,1-4H2,(H,14,16). The number of carbonyl (C=O) groups is 2. The Labute approximate surface area is 95.3 Å². The summed E-state index contributed by atoms with van der Waals surface area (Å²) in [6.45, 7) is 0. The van der Waals surface area contributed by atoms with Crippen LogP contribution in [0.2, 0.25) is 0 Å². The third kappa shape index (κ3) is 3.10. The molecule has 1 aliphatic rings. The maximum Gasteiger partial charge on any atom is 0.471 e. The van der Waals surface area contributed by atoms with Gasteiger partial charge < -0.3 is 5.32 Å². The van der Waals surface area contributed by atoms with Crippen LogP contribution in [0.1, 0.15) is 19.3 Å². The molecule has 0 aromatic carbocycles. The zero-order valence-corrected chi connectivity index (χ0v) is 9.07. The van der Waals surface area contributed by atoms with Gasteiger partial charge in [-0.05, 0) is 12.8 Å². The zero-order valence-electron chi connectivity index (χ0n) is 8.31. The number of carbonyl (C=O) groups excluding carboxylic acids is 2. The van der Waals surface area contributed by atoms with E-state index in [4.69, 9.17) is 11.6 Å². The Morgan fingerprint density at radius 3 is 2.44 bits per heavy atom. The van der Waals surface area contributed by atoms with Crippen molar-refractivity contribution in [2.24, 2.45) is 5.92 Å². The lowest BCUT2D eigenvalue weighted by Crippen LogP contribution is -2.46. The Kier molecular flexibility index (Phi) is 4.18. The smallest absolute Gasteiger partial charge is 0.345 e. The van der Waals surface area contributed by atoms with E-state index < -0.39 is 24.0 Å². The van der Waals surface area contributed by atoms with Gasteiger partial charge in [-0.25, -0.2) is 0 Å². The van der Waals surface area contributed by atoms with Crippen molar-refractivity contribution >= 4 is 23.3 Å². The molecule has 1 N–H and O–H groups in total. The van der Waals surface area contributed by atoms with Gasteiger partial charge in [-0.1, -0.05) is 6.42 Å². The summed E-state index contributed by atoms with van der Waals surface area (Å²) in [4.78, 5) is 22.0. The molecule has 0 saturated heterocycles. The van der Waals surface area contributed by atoms with E-state index in [0.717, 1.165) is 0 Å². The highest BCUT2D eigenvalue weighted by molar-refractivity contribution is 6.28. The molecular formula is C9H11ClF3NO2. The number of Topliss-reactive ketones (excluding diaryl/α,β-unsaturated/α-hetero) is 1. The largest absolute Gasteiger partial charge is 0.471 e. The quantitative estimate of drug-likeness (QED) is 0.782. The summed E-state index contributed by atoms with van der Waals surface area (Å²) in [5.74, 6) is -3.12. The molecule has 7 heteroatoms. The summed E-state index contributed by atoms with van der Waals surface area (Å²) in [7, 11) is 0. The first-order valence-corrected chi connectivity index (χ1v) is 5.36. The fourth-order valence-corrected chi connectivity index (χ4v) is 2.07. The molecule has 0 aliphatic heterocycles. The SMILES string of the molecule is O=C(CCl)C1CCCC1NC(=O)C(F)(F)F. The number of hydrogen-bond acceptors (Lipinski definition) is 2. The van der Waals surface area contributed by atoms with E-state index in [0.29, 0.717) is 19.3 Å². The Morgan fingerprint density at radius 2 is 1.94 bits per heavy atom. The van der Waals surface area contributed by atoms with Crippen LogP contribution in [0.15, 0.2) is 0 Å². The van der Waals surface area contributed by atoms with Gasteiger partial charge in [-0.3, -0.25) is 9.59 Å². The van der Waals surface area contributed by atoms with Gasteiger partial charge in [0.2, 0.25) is 0 Å². The molecule has 0 aromatic heterocycles. The summed E-state index contributed by atoms with van der Waals surface area (Å²) >= 11 is 5.34. The van der Waals surface area contributed by atoms with Crippen LogP contribution in [0.5, 0.6) is 0 Å². The summed E-state index contributed by atoms with van der Waals surface area (Å²) in [5, 5.41) is 1.84. The third-order valence-corrected chi connectivity index (χ3v) is 2.90. The van der Waals surface area contributed by atoms with Gasteiger partial charge in [-0.2, -0.15) is 13.2 Å². The molecule has 1 amide bonds. The lowest BCUT2D eigenvalue weighted by molar-refractivity contribution is -0.174. The molecule has 92 valence electrons. The van der Waals surface area contributed by atoms with E-state index in [1.165, 1.54) is 0 Å². The third-order valence-electron chi connectivity index (χ3n) is 2.64. The molecule has 1 fully saturated rings. The second-order valence-corrected chi connectivity index (χ2v) is 3.98. The monoisotopic (exact) mass is 257 g/mol. The van der Waals surface area contributed by atoms with Crippen LogP contribution in [-0.2, 0) is 9.59 Å². The van der Waals surface area contributed by atoms with Crippen molar-refractivity contribution in [1.29, 1.82) is 0 Å². The summed E-state index contributed by atoms with van der Waals surface area (Å²) < 4.78 is 36.0. The average Bonchev–Trinajstić information content (AvgIpc) is 2.63. The minimum Gasteiger partial charge on any atom is -0.345 e. The maximum absolute atomic E-state index is 12.0. The van der Waals surface area contributed by atoms with Gasteiger partial charge in [0.25, 0.3) is 0 Å². The number of ketones is 1. The molecular weight excluding hydrogens is 247 g/mol. The molecule has 0 heterocycles. The predicted octanol–water partition coefficient (Wildman–Crippen LogP) is 1.64. The van der Waals surface area contributed by atoms with Gasteiger partial charge in [0.15, 0.2) is 5.78 Å². The van der Waals surface area contributed by atoms with E-state index >= 15 is 0 Å². The minimum atomic E-state index is -4.91. The van der Waals surface area contributed by atoms with Gasteiger partial charge in [0.1, 0.15) is 0 Å². The van der Waals surface area contributed by atoms with Crippen molar-refractivity contribution in [3.8, 4) is 0 Å². The molecule has 0 bridgehead atoms. The Hall–Kier alpha value is -0.780. The van der Waals surface area contributed by atoms with E-state index in [9.17, 15) is 22.8 Å². The summed E-state index contributed by atoms with van der Waals surface area (Å²) in [6, 6.07) is -0.736. The van der Waals surface area contributed by atoms with Crippen LogP contribution < -0.4 is 5.32 Å². The van der Waals surface area contributed by atoms with Crippen molar-refractivity contribution < 1.29 is 22.8 Å². The van der Waals surface area contributed by atoms with Crippen molar-refractivity contribution in [3.05, 3.63) is 0 Å². The number of hydrogen-bond donors (Lipinski definition) is 1. The molecule has 1 aliphatic carbocycles. The van der Waals surface area contributed by atoms with Crippen molar-refractivity contribution in [1.82, 2.24) is 5.32 Å². The van der Waals surface area contributed by atoms with Crippen LogP contribution in [0.3, 0.4) is 0 Å². The molecule has 0 aromatic rings. The first-order chi connectivity index (χ1) is 7.36. The number of alkyl halides is 4. The number of halogens is 4. The second-order valence-electron chi connectivity index (χ2n) is 3.72. The number of rotatable bonds is 3. The number of amides is 1. The van der Waals surface area contributed by atoms with E-state index in [2.05, 4.69) is 0 Å². The average molecular weight is 258 g/mol. The lowest BCUT2D eigenvalue weighted by atomic mass is 9.99. The van der Waals surface area contributed by atoms with Crippen LogP contribution in [0.4, 0.5) is 13.2 Å². The summed E-state index contributed by atoms with van der Waals surface area (Å²) in [6.07, 6.45) is -3.42.